The Bertz CT molecular complexity index is 1120. The van der Waals surface area contributed by atoms with E-state index in [9.17, 15) is 9.18 Å². The van der Waals surface area contributed by atoms with E-state index in [0.717, 1.165) is 25.5 Å². The number of carbonyl (C=O) groups is 1. The molecule has 3 aliphatic rings. The van der Waals surface area contributed by atoms with Crippen molar-refractivity contribution in [1.29, 1.82) is 5.41 Å². The first-order valence-corrected chi connectivity index (χ1v) is 12.7. The molecule has 4 rings (SSSR count). The van der Waals surface area contributed by atoms with Gasteiger partial charge in [0.25, 0.3) is 5.91 Å². The van der Waals surface area contributed by atoms with E-state index in [2.05, 4.69) is 29.1 Å². The number of alkyl halides is 1. The summed E-state index contributed by atoms with van der Waals surface area (Å²) in [6, 6.07) is 3.49. The number of likely N-dealkylation sites (tertiary alicyclic amines) is 2. The van der Waals surface area contributed by atoms with Gasteiger partial charge in [0.15, 0.2) is 6.17 Å². The van der Waals surface area contributed by atoms with E-state index in [1.54, 1.807) is 6.20 Å². The predicted octanol–water partition coefficient (Wildman–Crippen LogP) is 4.64. The highest BCUT2D eigenvalue weighted by Crippen LogP contribution is 2.33. The third-order valence-electron chi connectivity index (χ3n) is 7.02. The Balaban J connectivity index is 1.55. The molecule has 0 radical (unpaired) electrons. The number of hydrogen-bond acceptors (Lipinski definition) is 6. The Morgan fingerprint density at radius 2 is 2.11 bits per heavy atom. The SMILES string of the molecule is CCCN1C(CC)CC(Oc2cc(F)ccc2C(=O)N2CC(=N)/C(=C3/N=CC(Cl)=CN3)C2)C(F)C1C. The van der Waals surface area contributed by atoms with Gasteiger partial charge in [-0.05, 0) is 38.4 Å². The number of hydrogen-bond donors (Lipinski definition) is 2. The third-order valence-corrected chi connectivity index (χ3v) is 7.22. The summed E-state index contributed by atoms with van der Waals surface area (Å²) in [6.45, 7) is 7.01. The maximum Gasteiger partial charge on any atom is 0.258 e. The lowest BCUT2D eigenvalue weighted by Gasteiger charge is -2.45. The molecule has 1 aromatic rings. The molecule has 36 heavy (non-hydrogen) atoms. The first-order valence-electron chi connectivity index (χ1n) is 12.4. The molecule has 4 atom stereocenters. The maximum absolute atomic E-state index is 15.5. The number of piperidine rings is 1. The zero-order chi connectivity index (χ0) is 26.0. The molecule has 194 valence electrons. The van der Waals surface area contributed by atoms with Gasteiger partial charge in [-0.3, -0.25) is 9.69 Å². The molecule has 0 spiro atoms. The molecule has 0 bridgehead atoms. The fourth-order valence-corrected chi connectivity index (χ4v) is 5.22. The Kier molecular flexibility index (Phi) is 8.10. The molecule has 2 N–H and O–H groups in total. The van der Waals surface area contributed by atoms with Crippen molar-refractivity contribution in [1.82, 2.24) is 15.1 Å². The lowest BCUT2D eigenvalue weighted by Crippen LogP contribution is -2.57. The molecular weight excluding hydrogens is 488 g/mol. The summed E-state index contributed by atoms with van der Waals surface area (Å²) < 4.78 is 35.7. The normalized spacial score (nSPS) is 28.8. The summed E-state index contributed by atoms with van der Waals surface area (Å²) in [4.78, 5) is 21.3. The van der Waals surface area contributed by atoms with Crippen LogP contribution in [0.3, 0.4) is 0 Å². The second-order valence-electron chi connectivity index (χ2n) is 9.42. The highest BCUT2D eigenvalue weighted by atomic mass is 35.5. The molecule has 1 aromatic carbocycles. The van der Waals surface area contributed by atoms with E-state index in [1.807, 2.05) is 6.92 Å². The molecule has 3 heterocycles. The minimum absolute atomic E-state index is 0.0230. The van der Waals surface area contributed by atoms with Gasteiger partial charge >= 0.3 is 0 Å². The van der Waals surface area contributed by atoms with Crippen LogP contribution in [0.1, 0.15) is 50.4 Å². The van der Waals surface area contributed by atoms with Crippen LogP contribution in [0.5, 0.6) is 5.75 Å². The van der Waals surface area contributed by atoms with Crippen molar-refractivity contribution in [3.05, 3.63) is 52.2 Å². The van der Waals surface area contributed by atoms with Crippen molar-refractivity contribution in [3.63, 3.8) is 0 Å². The summed E-state index contributed by atoms with van der Waals surface area (Å²) in [5.74, 6) is -0.511. The van der Waals surface area contributed by atoms with Gasteiger partial charge in [0.2, 0.25) is 0 Å². The Morgan fingerprint density at radius 1 is 1.33 bits per heavy atom. The minimum Gasteiger partial charge on any atom is -0.486 e. The van der Waals surface area contributed by atoms with Gasteiger partial charge in [0, 0.05) is 42.6 Å². The summed E-state index contributed by atoms with van der Waals surface area (Å²) in [7, 11) is 0. The number of carbonyl (C=O) groups excluding carboxylic acids is 1. The summed E-state index contributed by atoms with van der Waals surface area (Å²) in [5.41, 5.74) is 0.949. The van der Waals surface area contributed by atoms with E-state index < -0.39 is 24.0 Å². The lowest BCUT2D eigenvalue weighted by molar-refractivity contribution is -0.0475. The first kappa shape index (κ1) is 26.3. The number of amides is 1. The minimum atomic E-state index is -1.28. The summed E-state index contributed by atoms with van der Waals surface area (Å²) in [6.07, 6.45) is 3.18. The van der Waals surface area contributed by atoms with Crippen molar-refractivity contribution in [2.75, 3.05) is 19.6 Å². The summed E-state index contributed by atoms with van der Waals surface area (Å²) >= 11 is 5.89. The number of halogens is 3. The van der Waals surface area contributed by atoms with Gasteiger partial charge in [-0.15, -0.1) is 0 Å². The average molecular weight is 520 g/mol. The van der Waals surface area contributed by atoms with E-state index in [4.69, 9.17) is 21.7 Å². The molecule has 3 aliphatic heterocycles. The standard InChI is InChI=1S/C26H32ClF2N5O2/c1-4-8-34-15(3)24(29)23(10-18(34)5-2)36-22-9-17(28)6-7-19(22)26(35)33-13-20(21(30)14-33)25-31-11-16(27)12-32-25/h6-7,9,11-12,15,18,23-24,30-31H,4-5,8,10,13-14H2,1-3H3/b25-20+,30-21?. The first-order chi connectivity index (χ1) is 17.2. The van der Waals surface area contributed by atoms with Crippen LogP contribution >= 0.6 is 11.6 Å². The van der Waals surface area contributed by atoms with Crippen LogP contribution in [0.15, 0.2) is 45.8 Å². The van der Waals surface area contributed by atoms with Crippen LogP contribution in [0.2, 0.25) is 0 Å². The van der Waals surface area contributed by atoms with Crippen LogP contribution in [0, 0.1) is 11.2 Å². The van der Waals surface area contributed by atoms with Gasteiger partial charge in [0.05, 0.1) is 29.4 Å². The van der Waals surface area contributed by atoms with Crippen molar-refractivity contribution in [2.24, 2.45) is 4.99 Å². The Labute approximate surface area is 215 Å². The Morgan fingerprint density at radius 3 is 2.78 bits per heavy atom. The van der Waals surface area contributed by atoms with Gasteiger partial charge in [-0.1, -0.05) is 25.4 Å². The zero-order valence-electron chi connectivity index (χ0n) is 20.7. The van der Waals surface area contributed by atoms with E-state index in [1.165, 1.54) is 23.2 Å². The molecule has 10 heteroatoms. The number of nitrogens with zero attached hydrogens (tertiary/aromatic N) is 3. The maximum atomic E-state index is 15.5. The Hall–Kier alpha value is -2.78. The monoisotopic (exact) mass is 519 g/mol. The van der Waals surface area contributed by atoms with Gasteiger partial charge in [-0.25, -0.2) is 13.8 Å². The molecule has 1 amide bonds. The van der Waals surface area contributed by atoms with Crippen LogP contribution in [0.4, 0.5) is 8.78 Å². The molecule has 0 saturated carbocycles. The van der Waals surface area contributed by atoms with Crippen molar-refractivity contribution in [3.8, 4) is 5.75 Å². The molecule has 0 aliphatic carbocycles. The zero-order valence-corrected chi connectivity index (χ0v) is 21.5. The van der Waals surface area contributed by atoms with Crippen LogP contribution in [-0.2, 0) is 0 Å². The number of ether oxygens (including phenoxy) is 1. The van der Waals surface area contributed by atoms with E-state index in [0.29, 0.717) is 22.8 Å². The quantitative estimate of drug-likeness (QED) is 0.574. The largest absolute Gasteiger partial charge is 0.486 e. The van der Waals surface area contributed by atoms with Crippen molar-refractivity contribution < 1.29 is 18.3 Å². The topological polar surface area (TPSA) is 81.0 Å². The molecule has 2 saturated heterocycles. The van der Waals surface area contributed by atoms with Gasteiger partial charge in [0.1, 0.15) is 23.5 Å². The van der Waals surface area contributed by atoms with Crippen LogP contribution < -0.4 is 10.1 Å². The van der Waals surface area contributed by atoms with Gasteiger partial charge in [-0.2, -0.15) is 0 Å². The predicted molar refractivity (Wildman–Crippen MR) is 137 cm³/mol. The average Bonchev–Trinajstić information content (AvgIpc) is 3.25. The number of rotatable bonds is 6. The second-order valence-corrected chi connectivity index (χ2v) is 9.85. The molecule has 0 aromatic heterocycles. The number of benzene rings is 1. The number of allylic oxidation sites excluding steroid dienone is 1. The number of nitrogens with one attached hydrogen (secondary N) is 2. The van der Waals surface area contributed by atoms with Gasteiger partial charge < -0.3 is 20.4 Å². The van der Waals surface area contributed by atoms with Crippen LogP contribution in [0.25, 0.3) is 0 Å². The van der Waals surface area contributed by atoms with Crippen molar-refractivity contribution in [2.45, 2.75) is 64.4 Å². The summed E-state index contributed by atoms with van der Waals surface area (Å²) in [5, 5.41) is 11.7. The second kappa shape index (κ2) is 11.1. The third kappa shape index (κ3) is 5.32. The van der Waals surface area contributed by atoms with Crippen LogP contribution in [-0.4, -0.2) is 71.6 Å². The lowest BCUT2D eigenvalue weighted by atomic mass is 9.90. The highest BCUT2D eigenvalue weighted by molar-refractivity contribution is 6.39. The molecule has 2 fully saturated rings. The van der Waals surface area contributed by atoms with E-state index >= 15 is 4.39 Å². The fraction of sp³-hybridized carbons (Fsp3) is 0.500. The van der Waals surface area contributed by atoms with Crippen molar-refractivity contribution >= 4 is 29.4 Å². The highest BCUT2D eigenvalue weighted by Gasteiger charge is 2.42. The number of aliphatic imine (C=N–C) groups is 1. The fourth-order valence-electron chi connectivity index (χ4n) is 5.12. The van der Waals surface area contributed by atoms with E-state index in [-0.39, 0.29) is 42.2 Å². The smallest absolute Gasteiger partial charge is 0.258 e. The molecule has 4 unspecified atom stereocenters. The molecule has 7 nitrogen and oxygen atoms in total. The molecular formula is C26H32ClF2N5O2.